The summed E-state index contributed by atoms with van der Waals surface area (Å²) in [6, 6.07) is -0.365. The van der Waals surface area contributed by atoms with E-state index in [-0.39, 0.29) is 24.0 Å². The summed E-state index contributed by atoms with van der Waals surface area (Å²) in [7, 11) is 0. The Labute approximate surface area is 126 Å². The zero-order valence-corrected chi connectivity index (χ0v) is 13.1. The molecule has 2 rings (SSSR count). The molecular formula is C15H27N3O3. The van der Waals surface area contributed by atoms with Crippen LogP contribution in [-0.2, 0) is 14.3 Å². The van der Waals surface area contributed by atoms with E-state index in [1.54, 1.807) is 0 Å². The lowest BCUT2D eigenvalue weighted by Crippen LogP contribution is -2.51. The molecule has 0 spiro atoms. The molecule has 2 atom stereocenters. The van der Waals surface area contributed by atoms with Crippen LogP contribution in [0.3, 0.4) is 0 Å². The van der Waals surface area contributed by atoms with Crippen LogP contribution in [0, 0.1) is 0 Å². The molecule has 120 valence electrons. The molecule has 0 aromatic carbocycles. The van der Waals surface area contributed by atoms with E-state index in [4.69, 9.17) is 4.74 Å². The van der Waals surface area contributed by atoms with Crippen molar-refractivity contribution in [2.75, 3.05) is 39.3 Å². The number of morpholine rings is 1. The predicted octanol–water partition coefficient (Wildman–Crippen LogP) is 0.224. The number of hydrogen-bond acceptors (Lipinski definition) is 4. The molecule has 0 bridgehead atoms. The fraction of sp³-hybridized carbons (Fsp3) is 0.867. The maximum absolute atomic E-state index is 12.5. The molecule has 0 aromatic rings. The monoisotopic (exact) mass is 297 g/mol. The van der Waals surface area contributed by atoms with Crippen molar-refractivity contribution in [2.24, 2.45) is 0 Å². The second-order valence-electron chi connectivity index (χ2n) is 5.83. The summed E-state index contributed by atoms with van der Waals surface area (Å²) in [5.41, 5.74) is 0. The third kappa shape index (κ3) is 4.41. The lowest BCUT2D eigenvalue weighted by Gasteiger charge is -2.35. The van der Waals surface area contributed by atoms with Crippen molar-refractivity contribution in [3.8, 4) is 0 Å². The summed E-state index contributed by atoms with van der Waals surface area (Å²) in [6.07, 6.45) is 2.02. The molecule has 0 aliphatic carbocycles. The van der Waals surface area contributed by atoms with E-state index < -0.39 is 0 Å². The highest BCUT2D eigenvalue weighted by molar-refractivity contribution is 5.89. The van der Waals surface area contributed by atoms with Gasteiger partial charge in [0.05, 0.1) is 12.7 Å². The topological polar surface area (TPSA) is 61.9 Å². The minimum atomic E-state index is -0.365. The number of ether oxygens (including phenoxy) is 1. The van der Waals surface area contributed by atoms with E-state index in [2.05, 4.69) is 17.1 Å². The van der Waals surface area contributed by atoms with Crippen LogP contribution in [0.15, 0.2) is 0 Å². The first-order chi connectivity index (χ1) is 10.1. The third-order valence-corrected chi connectivity index (χ3v) is 4.23. The van der Waals surface area contributed by atoms with Gasteiger partial charge in [-0.1, -0.05) is 20.3 Å². The number of nitrogens with zero attached hydrogens (tertiary/aromatic N) is 2. The van der Waals surface area contributed by atoms with Gasteiger partial charge in [-0.05, 0) is 13.0 Å². The second-order valence-corrected chi connectivity index (χ2v) is 5.83. The summed E-state index contributed by atoms with van der Waals surface area (Å²) >= 11 is 0. The highest BCUT2D eigenvalue weighted by Gasteiger charge is 2.31. The minimum absolute atomic E-state index is 0.0240. The molecule has 2 unspecified atom stereocenters. The van der Waals surface area contributed by atoms with Crippen LogP contribution in [0.2, 0.25) is 0 Å². The van der Waals surface area contributed by atoms with Gasteiger partial charge >= 0.3 is 0 Å². The van der Waals surface area contributed by atoms with Crippen molar-refractivity contribution in [2.45, 2.75) is 45.3 Å². The molecule has 6 heteroatoms. The standard InChI is InChI=1S/C15H27N3O3/c1-3-5-13-15(20)18(7-6-14(19)16-13)11-12-10-17(4-2)8-9-21-12/h12-13H,3-11H2,1-2H3,(H,16,19). The Bertz CT molecular complexity index is 375. The zero-order chi connectivity index (χ0) is 15.2. The van der Waals surface area contributed by atoms with E-state index in [1.807, 2.05) is 11.8 Å². The molecule has 2 aliphatic rings. The average molecular weight is 297 g/mol. The molecule has 6 nitrogen and oxygen atoms in total. The Morgan fingerprint density at radius 1 is 1.29 bits per heavy atom. The van der Waals surface area contributed by atoms with Gasteiger partial charge in [-0.3, -0.25) is 14.5 Å². The minimum Gasteiger partial charge on any atom is -0.374 e. The molecule has 2 aliphatic heterocycles. The summed E-state index contributed by atoms with van der Waals surface area (Å²) in [5, 5.41) is 2.84. The number of amides is 2. The van der Waals surface area contributed by atoms with Crippen LogP contribution in [-0.4, -0.2) is 73.1 Å². The van der Waals surface area contributed by atoms with Gasteiger partial charge in [-0.2, -0.15) is 0 Å². The fourth-order valence-corrected chi connectivity index (χ4v) is 2.98. The molecule has 0 saturated carbocycles. The number of carbonyl (C=O) groups is 2. The van der Waals surface area contributed by atoms with Crippen molar-refractivity contribution < 1.29 is 14.3 Å². The molecule has 2 heterocycles. The Balaban J connectivity index is 1.96. The van der Waals surface area contributed by atoms with Crippen LogP contribution in [0.5, 0.6) is 0 Å². The van der Waals surface area contributed by atoms with Gasteiger partial charge in [0, 0.05) is 32.6 Å². The average Bonchev–Trinajstić information content (AvgIpc) is 2.62. The first kappa shape index (κ1) is 16.2. The number of nitrogens with one attached hydrogen (secondary N) is 1. The zero-order valence-electron chi connectivity index (χ0n) is 13.1. The Morgan fingerprint density at radius 2 is 2.10 bits per heavy atom. The molecular weight excluding hydrogens is 270 g/mol. The van der Waals surface area contributed by atoms with Gasteiger partial charge in [0.1, 0.15) is 6.04 Å². The highest BCUT2D eigenvalue weighted by atomic mass is 16.5. The molecule has 2 saturated heterocycles. The SMILES string of the molecule is CCCC1NC(=O)CCN(CC2CN(CC)CCO2)C1=O. The first-order valence-electron chi connectivity index (χ1n) is 8.06. The quantitative estimate of drug-likeness (QED) is 0.789. The molecule has 21 heavy (non-hydrogen) atoms. The van der Waals surface area contributed by atoms with E-state index in [1.165, 1.54) is 0 Å². The maximum atomic E-state index is 12.5. The maximum Gasteiger partial charge on any atom is 0.245 e. The second kappa shape index (κ2) is 7.75. The van der Waals surface area contributed by atoms with Gasteiger partial charge in [0.25, 0.3) is 0 Å². The Hall–Kier alpha value is -1.14. The van der Waals surface area contributed by atoms with Crippen molar-refractivity contribution in [1.82, 2.24) is 15.1 Å². The largest absolute Gasteiger partial charge is 0.374 e. The van der Waals surface area contributed by atoms with Gasteiger partial charge < -0.3 is 15.0 Å². The van der Waals surface area contributed by atoms with E-state index in [0.29, 0.717) is 25.9 Å². The number of hydrogen-bond donors (Lipinski definition) is 1. The normalized spacial score (nSPS) is 28.4. The molecule has 0 aromatic heterocycles. The first-order valence-corrected chi connectivity index (χ1v) is 8.06. The van der Waals surface area contributed by atoms with E-state index in [9.17, 15) is 9.59 Å². The molecule has 2 amide bonds. The van der Waals surface area contributed by atoms with E-state index >= 15 is 0 Å². The van der Waals surface area contributed by atoms with Crippen molar-refractivity contribution in [3.05, 3.63) is 0 Å². The van der Waals surface area contributed by atoms with Gasteiger partial charge in [-0.15, -0.1) is 0 Å². The lowest BCUT2D eigenvalue weighted by atomic mass is 10.1. The molecule has 0 radical (unpaired) electrons. The number of carbonyl (C=O) groups excluding carboxylic acids is 2. The van der Waals surface area contributed by atoms with Crippen LogP contribution in [0.4, 0.5) is 0 Å². The summed E-state index contributed by atoms with van der Waals surface area (Å²) in [4.78, 5) is 28.4. The molecule has 1 N–H and O–H groups in total. The van der Waals surface area contributed by atoms with Crippen LogP contribution < -0.4 is 5.32 Å². The van der Waals surface area contributed by atoms with Gasteiger partial charge in [-0.25, -0.2) is 0 Å². The fourth-order valence-electron chi connectivity index (χ4n) is 2.98. The Kier molecular flexibility index (Phi) is 5.99. The smallest absolute Gasteiger partial charge is 0.245 e. The molecule has 2 fully saturated rings. The third-order valence-electron chi connectivity index (χ3n) is 4.23. The summed E-state index contributed by atoms with van der Waals surface area (Å²) in [5.74, 6) is 0.0176. The van der Waals surface area contributed by atoms with Gasteiger partial charge in [0.15, 0.2) is 0 Å². The van der Waals surface area contributed by atoms with Gasteiger partial charge in [0.2, 0.25) is 11.8 Å². The van der Waals surface area contributed by atoms with Crippen LogP contribution in [0.1, 0.15) is 33.1 Å². The van der Waals surface area contributed by atoms with Crippen LogP contribution >= 0.6 is 0 Å². The number of rotatable bonds is 5. The van der Waals surface area contributed by atoms with Crippen LogP contribution in [0.25, 0.3) is 0 Å². The summed E-state index contributed by atoms with van der Waals surface area (Å²) in [6.45, 7) is 8.79. The number of likely N-dealkylation sites (N-methyl/N-ethyl adjacent to an activating group) is 1. The highest BCUT2D eigenvalue weighted by Crippen LogP contribution is 2.12. The van der Waals surface area contributed by atoms with Crippen molar-refractivity contribution in [3.63, 3.8) is 0 Å². The summed E-state index contributed by atoms with van der Waals surface area (Å²) < 4.78 is 5.78. The van der Waals surface area contributed by atoms with E-state index in [0.717, 1.165) is 32.7 Å². The lowest BCUT2D eigenvalue weighted by molar-refractivity contribution is -0.136. The van der Waals surface area contributed by atoms with Crippen molar-refractivity contribution >= 4 is 11.8 Å². The Morgan fingerprint density at radius 3 is 2.81 bits per heavy atom. The van der Waals surface area contributed by atoms with Crippen molar-refractivity contribution in [1.29, 1.82) is 0 Å². The predicted molar refractivity (Wildman–Crippen MR) is 79.9 cm³/mol.